The Labute approximate surface area is 131 Å². The van der Waals surface area contributed by atoms with Crippen molar-refractivity contribution in [2.75, 3.05) is 5.32 Å². The molecule has 1 unspecified atom stereocenters. The highest BCUT2D eigenvalue weighted by Crippen LogP contribution is 2.30. The van der Waals surface area contributed by atoms with Gasteiger partial charge in [-0.3, -0.25) is 4.79 Å². The van der Waals surface area contributed by atoms with Crippen molar-refractivity contribution < 1.29 is 4.79 Å². The highest BCUT2D eigenvalue weighted by Gasteiger charge is 2.18. The number of carbonyl (C=O) groups is 1. The molecule has 1 aliphatic rings. The molecule has 1 amide bonds. The van der Waals surface area contributed by atoms with Gasteiger partial charge >= 0.3 is 0 Å². The van der Waals surface area contributed by atoms with Gasteiger partial charge in [0.05, 0.1) is 6.33 Å². The van der Waals surface area contributed by atoms with Crippen molar-refractivity contribution in [1.82, 2.24) is 9.55 Å². The quantitative estimate of drug-likeness (QED) is 0.883. The van der Waals surface area contributed by atoms with E-state index < -0.39 is 0 Å². The lowest BCUT2D eigenvalue weighted by Crippen LogP contribution is -2.19. The third kappa shape index (κ3) is 3.38. The van der Waals surface area contributed by atoms with Crippen LogP contribution in [0, 0.1) is 0 Å². The third-order valence-corrected chi connectivity index (χ3v) is 4.39. The van der Waals surface area contributed by atoms with E-state index in [0.717, 1.165) is 18.7 Å². The molecule has 3 rings (SSSR count). The Morgan fingerprint density at radius 2 is 2.27 bits per heavy atom. The summed E-state index contributed by atoms with van der Waals surface area (Å²) in [6, 6.07) is 6.52. The Balaban J connectivity index is 1.82. The molecule has 1 aromatic heterocycles. The first-order valence-corrected chi connectivity index (χ1v) is 8.14. The molecule has 2 aromatic rings. The minimum atomic E-state index is 0.126. The molecule has 1 N–H and O–H groups in total. The van der Waals surface area contributed by atoms with Crippen molar-refractivity contribution in [3.8, 4) is 0 Å². The maximum Gasteiger partial charge on any atom is 0.224 e. The molecule has 0 bridgehead atoms. The fourth-order valence-corrected chi connectivity index (χ4v) is 3.12. The van der Waals surface area contributed by atoms with Crippen molar-refractivity contribution in [1.29, 1.82) is 0 Å². The second kappa shape index (κ2) is 6.77. The van der Waals surface area contributed by atoms with Crippen LogP contribution < -0.4 is 5.32 Å². The van der Waals surface area contributed by atoms with E-state index in [1.54, 1.807) is 0 Å². The molecule has 0 aliphatic carbocycles. The summed E-state index contributed by atoms with van der Waals surface area (Å²) in [5.41, 5.74) is 3.62. The summed E-state index contributed by atoms with van der Waals surface area (Å²) in [4.78, 5) is 15.6. The Hall–Kier alpha value is -2.10. The predicted octanol–water partition coefficient (Wildman–Crippen LogP) is 3.74. The molecule has 1 atom stereocenters. The number of unbranched alkanes of at least 4 members (excludes halogenated alkanes) is 1. The van der Waals surface area contributed by atoms with Gasteiger partial charge < -0.3 is 9.88 Å². The topological polar surface area (TPSA) is 46.9 Å². The molecule has 0 saturated heterocycles. The van der Waals surface area contributed by atoms with Crippen LogP contribution in [0.2, 0.25) is 0 Å². The smallest absolute Gasteiger partial charge is 0.224 e. The molecule has 0 saturated carbocycles. The normalized spacial score (nSPS) is 15.2. The first kappa shape index (κ1) is 14.8. The van der Waals surface area contributed by atoms with E-state index in [1.807, 2.05) is 18.7 Å². The summed E-state index contributed by atoms with van der Waals surface area (Å²) in [7, 11) is 0. The number of aryl methyl sites for hydroxylation is 1. The van der Waals surface area contributed by atoms with E-state index in [2.05, 4.69) is 40.0 Å². The summed E-state index contributed by atoms with van der Waals surface area (Å²) < 4.78 is 2.15. The van der Waals surface area contributed by atoms with Gasteiger partial charge in [0, 0.05) is 37.0 Å². The summed E-state index contributed by atoms with van der Waals surface area (Å²) in [6.45, 7) is 3.20. The van der Waals surface area contributed by atoms with E-state index >= 15 is 0 Å². The number of anilines is 1. The molecule has 116 valence electrons. The number of hydrogen-bond acceptors (Lipinski definition) is 2. The first-order valence-electron chi connectivity index (χ1n) is 8.14. The van der Waals surface area contributed by atoms with Crippen LogP contribution in [-0.2, 0) is 17.8 Å². The van der Waals surface area contributed by atoms with Gasteiger partial charge in [-0.25, -0.2) is 4.98 Å². The lowest BCUT2D eigenvalue weighted by atomic mass is 9.90. The molecule has 22 heavy (non-hydrogen) atoms. The van der Waals surface area contributed by atoms with E-state index in [1.165, 1.54) is 30.4 Å². The van der Waals surface area contributed by atoms with E-state index in [-0.39, 0.29) is 5.91 Å². The Morgan fingerprint density at radius 1 is 1.36 bits per heavy atom. The van der Waals surface area contributed by atoms with Crippen LogP contribution in [0.25, 0.3) is 0 Å². The van der Waals surface area contributed by atoms with Crippen LogP contribution in [0.1, 0.15) is 49.7 Å². The molecular formula is C18H23N3O. The monoisotopic (exact) mass is 297 g/mol. The number of imidazole rings is 1. The van der Waals surface area contributed by atoms with Crippen LogP contribution in [0.15, 0.2) is 36.9 Å². The van der Waals surface area contributed by atoms with Crippen LogP contribution in [0.3, 0.4) is 0 Å². The standard InChI is InChI=1S/C18H23N3O/c1-2-3-4-16(12-21-10-9-19-13-21)14-5-7-17-15(11-14)6-8-18(22)20-17/h5,7,9-11,13,16H,2-4,6,8,12H2,1H3,(H,20,22). The molecule has 0 fully saturated rings. The predicted molar refractivity (Wildman–Crippen MR) is 87.9 cm³/mol. The first-order chi connectivity index (χ1) is 10.8. The van der Waals surface area contributed by atoms with Crippen LogP contribution in [0.5, 0.6) is 0 Å². The van der Waals surface area contributed by atoms with Gasteiger partial charge in [0.2, 0.25) is 5.91 Å². The zero-order valence-corrected chi connectivity index (χ0v) is 13.1. The largest absolute Gasteiger partial charge is 0.337 e. The lowest BCUT2D eigenvalue weighted by Gasteiger charge is -2.22. The van der Waals surface area contributed by atoms with Gasteiger partial charge in [-0.2, -0.15) is 0 Å². The SMILES string of the molecule is CCCCC(Cn1ccnc1)c1ccc2c(c1)CCC(=O)N2. The summed E-state index contributed by atoms with van der Waals surface area (Å²) in [6.07, 6.45) is 10.8. The lowest BCUT2D eigenvalue weighted by molar-refractivity contribution is -0.116. The van der Waals surface area contributed by atoms with E-state index in [9.17, 15) is 4.79 Å². The summed E-state index contributed by atoms with van der Waals surface area (Å²) >= 11 is 0. The van der Waals surface area contributed by atoms with Crippen molar-refractivity contribution >= 4 is 11.6 Å². The number of benzene rings is 1. The number of hydrogen-bond donors (Lipinski definition) is 1. The van der Waals surface area contributed by atoms with Gasteiger partial charge in [0.1, 0.15) is 0 Å². The third-order valence-electron chi connectivity index (χ3n) is 4.39. The minimum Gasteiger partial charge on any atom is -0.337 e. The number of nitrogens with one attached hydrogen (secondary N) is 1. The molecule has 4 nitrogen and oxygen atoms in total. The zero-order valence-electron chi connectivity index (χ0n) is 13.1. The molecule has 0 spiro atoms. The highest BCUT2D eigenvalue weighted by molar-refractivity contribution is 5.93. The maximum absolute atomic E-state index is 11.5. The molecule has 0 radical (unpaired) electrons. The van der Waals surface area contributed by atoms with Crippen molar-refractivity contribution in [2.45, 2.75) is 51.5 Å². The Bertz CT molecular complexity index is 634. The summed E-state index contributed by atoms with van der Waals surface area (Å²) in [5, 5.41) is 2.96. The Morgan fingerprint density at radius 3 is 3.05 bits per heavy atom. The van der Waals surface area contributed by atoms with Crippen molar-refractivity contribution in [2.24, 2.45) is 0 Å². The molecule has 1 aromatic carbocycles. The van der Waals surface area contributed by atoms with Crippen molar-refractivity contribution in [3.63, 3.8) is 0 Å². The number of aromatic nitrogens is 2. The van der Waals surface area contributed by atoms with E-state index in [0.29, 0.717) is 12.3 Å². The van der Waals surface area contributed by atoms with Crippen LogP contribution in [0.4, 0.5) is 5.69 Å². The Kier molecular flexibility index (Phi) is 4.56. The molecular weight excluding hydrogens is 274 g/mol. The average molecular weight is 297 g/mol. The maximum atomic E-state index is 11.5. The van der Waals surface area contributed by atoms with Gasteiger partial charge in [-0.1, -0.05) is 31.9 Å². The van der Waals surface area contributed by atoms with Gasteiger partial charge in [0.15, 0.2) is 0 Å². The highest BCUT2D eigenvalue weighted by atomic mass is 16.1. The van der Waals surface area contributed by atoms with Gasteiger partial charge in [0.25, 0.3) is 0 Å². The van der Waals surface area contributed by atoms with Crippen molar-refractivity contribution in [3.05, 3.63) is 48.0 Å². The second-order valence-electron chi connectivity index (χ2n) is 6.06. The average Bonchev–Trinajstić information content (AvgIpc) is 3.04. The van der Waals surface area contributed by atoms with E-state index in [4.69, 9.17) is 0 Å². The molecule has 2 heterocycles. The molecule has 4 heteroatoms. The molecule has 1 aliphatic heterocycles. The summed E-state index contributed by atoms with van der Waals surface area (Å²) in [5.74, 6) is 0.623. The second-order valence-corrected chi connectivity index (χ2v) is 6.06. The van der Waals surface area contributed by atoms with Crippen LogP contribution >= 0.6 is 0 Å². The van der Waals surface area contributed by atoms with Crippen LogP contribution in [-0.4, -0.2) is 15.5 Å². The zero-order chi connectivity index (χ0) is 15.4. The number of amides is 1. The fourth-order valence-electron chi connectivity index (χ4n) is 3.12. The number of nitrogens with zero attached hydrogens (tertiary/aromatic N) is 2. The van der Waals surface area contributed by atoms with Gasteiger partial charge in [-0.05, 0) is 30.0 Å². The fraction of sp³-hybridized carbons (Fsp3) is 0.444. The minimum absolute atomic E-state index is 0.126. The number of rotatable bonds is 6. The number of fused-ring (bicyclic) bond motifs is 1. The van der Waals surface area contributed by atoms with Gasteiger partial charge in [-0.15, -0.1) is 0 Å². The number of carbonyl (C=O) groups excluding carboxylic acids is 1.